The number of carbonyl (C=O) groups excluding carboxylic acids is 2. The van der Waals surface area contributed by atoms with Gasteiger partial charge in [-0.2, -0.15) is 0 Å². The molecule has 1 atom stereocenters. The molecule has 0 saturated carbocycles. The second-order valence-corrected chi connectivity index (χ2v) is 7.01. The normalized spacial score (nSPS) is 11.6. The number of amides is 2. The molecule has 0 aromatic heterocycles. The van der Waals surface area contributed by atoms with Crippen molar-refractivity contribution in [3.8, 4) is 5.75 Å². The van der Waals surface area contributed by atoms with Crippen LogP contribution in [0, 0.1) is 6.92 Å². The van der Waals surface area contributed by atoms with Crippen molar-refractivity contribution in [1.82, 2.24) is 10.2 Å². The highest BCUT2D eigenvalue weighted by Gasteiger charge is 2.28. The number of nitrogens with one attached hydrogen (secondary N) is 1. The van der Waals surface area contributed by atoms with E-state index in [1.54, 1.807) is 29.2 Å². The van der Waals surface area contributed by atoms with E-state index in [0.29, 0.717) is 30.3 Å². The first-order valence-corrected chi connectivity index (χ1v) is 9.83. The standard InChI is InChI=1S/C22H27ClN2O3/c1-4-20(22(27)24-5-2)25(14-17-9-6-8-16(3)12-17)21(26)15-28-19-11-7-10-18(23)13-19/h6-13,20H,4-5,14-15H2,1-3H3,(H,24,27). The van der Waals surface area contributed by atoms with Crippen molar-refractivity contribution in [2.45, 2.75) is 39.8 Å². The molecular weight excluding hydrogens is 376 g/mol. The fourth-order valence-electron chi connectivity index (χ4n) is 3.00. The lowest BCUT2D eigenvalue weighted by molar-refractivity contribution is -0.142. The second-order valence-electron chi connectivity index (χ2n) is 6.58. The van der Waals surface area contributed by atoms with Gasteiger partial charge in [-0.15, -0.1) is 0 Å². The van der Waals surface area contributed by atoms with Crippen LogP contribution in [0.25, 0.3) is 0 Å². The van der Waals surface area contributed by atoms with Gasteiger partial charge in [0.1, 0.15) is 11.8 Å². The van der Waals surface area contributed by atoms with Crippen LogP contribution in [0.3, 0.4) is 0 Å². The fourth-order valence-corrected chi connectivity index (χ4v) is 3.18. The van der Waals surface area contributed by atoms with Crippen LogP contribution < -0.4 is 10.1 Å². The van der Waals surface area contributed by atoms with E-state index in [2.05, 4.69) is 5.32 Å². The molecule has 2 aromatic rings. The van der Waals surface area contributed by atoms with Crippen molar-refractivity contribution in [3.05, 3.63) is 64.7 Å². The maximum Gasteiger partial charge on any atom is 0.261 e. The second kappa shape index (κ2) is 10.7. The van der Waals surface area contributed by atoms with Crippen LogP contribution in [-0.2, 0) is 16.1 Å². The van der Waals surface area contributed by atoms with Gasteiger partial charge in [-0.05, 0) is 44.0 Å². The highest BCUT2D eigenvalue weighted by Crippen LogP contribution is 2.18. The summed E-state index contributed by atoms with van der Waals surface area (Å²) in [5.41, 5.74) is 2.07. The first-order valence-electron chi connectivity index (χ1n) is 9.45. The van der Waals surface area contributed by atoms with E-state index in [9.17, 15) is 9.59 Å². The Morgan fingerprint density at radius 2 is 1.89 bits per heavy atom. The molecule has 0 aliphatic heterocycles. The lowest BCUT2D eigenvalue weighted by atomic mass is 10.1. The van der Waals surface area contributed by atoms with Gasteiger partial charge in [-0.1, -0.05) is 54.4 Å². The number of halogens is 1. The van der Waals surface area contributed by atoms with E-state index in [0.717, 1.165) is 11.1 Å². The zero-order valence-corrected chi connectivity index (χ0v) is 17.3. The summed E-state index contributed by atoms with van der Waals surface area (Å²) >= 11 is 5.97. The third kappa shape index (κ3) is 6.27. The summed E-state index contributed by atoms with van der Waals surface area (Å²) in [4.78, 5) is 27.1. The number of hydrogen-bond donors (Lipinski definition) is 1. The third-order valence-electron chi connectivity index (χ3n) is 4.33. The molecule has 28 heavy (non-hydrogen) atoms. The summed E-state index contributed by atoms with van der Waals surface area (Å²) in [7, 11) is 0. The zero-order valence-electron chi connectivity index (χ0n) is 16.6. The van der Waals surface area contributed by atoms with Crippen molar-refractivity contribution < 1.29 is 14.3 Å². The largest absolute Gasteiger partial charge is 0.484 e. The van der Waals surface area contributed by atoms with E-state index in [-0.39, 0.29) is 18.4 Å². The molecule has 1 unspecified atom stereocenters. The molecule has 150 valence electrons. The van der Waals surface area contributed by atoms with E-state index >= 15 is 0 Å². The van der Waals surface area contributed by atoms with Crippen LogP contribution >= 0.6 is 11.6 Å². The number of rotatable bonds is 9. The molecule has 0 aliphatic carbocycles. The summed E-state index contributed by atoms with van der Waals surface area (Å²) in [6.45, 7) is 6.45. The molecule has 6 heteroatoms. The number of carbonyl (C=O) groups is 2. The van der Waals surface area contributed by atoms with E-state index in [4.69, 9.17) is 16.3 Å². The Morgan fingerprint density at radius 1 is 1.14 bits per heavy atom. The Bertz CT molecular complexity index is 810. The number of aryl methyl sites for hydroxylation is 1. The van der Waals surface area contributed by atoms with Crippen LogP contribution in [0.15, 0.2) is 48.5 Å². The van der Waals surface area contributed by atoms with Gasteiger partial charge in [0.05, 0.1) is 0 Å². The van der Waals surface area contributed by atoms with Gasteiger partial charge in [0.15, 0.2) is 6.61 Å². The Hall–Kier alpha value is -2.53. The quantitative estimate of drug-likeness (QED) is 0.690. The van der Waals surface area contributed by atoms with Crippen molar-refractivity contribution in [2.24, 2.45) is 0 Å². The number of nitrogens with zero attached hydrogens (tertiary/aromatic N) is 1. The fraction of sp³-hybridized carbons (Fsp3) is 0.364. The zero-order chi connectivity index (χ0) is 20.5. The molecule has 0 aliphatic rings. The molecule has 5 nitrogen and oxygen atoms in total. The maximum absolute atomic E-state index is 13.0. The first kappa shape index (κ1) is 21.8. The molecule has 1 N–H and O–H groups in total. The van der Waals surface area contributed by atoms with Gasteiger partial charge in [-0.25, -0.2) is 0 Å². The van der Waals surface area contributed by atoms with Crippen molar-refractivity contribution >= 4 is 23.4 Å². The summed E-state index contributed by atoms with van der Waals surface area (Å²) < 4.78 is 5.62. The minimum Gasteiger partial charge on any atom is -0.484 e. The summed E-state index contributed by atoms with van der Waals surface area (Å²) in [5.74, 6) is 0.107. The van der Waals surface area contributed by atoms with Gasteiger partial charge in [0.25, 0.3) is 5.91 Å². The van der Waals surface area contributed by atoms with Gasteiger partial charge in [0.2, 0.25) is 5.91 Å². The minimum absolute atomic E-state index is 0.159. The predicted molar refractivity (Wildman–Crippen MR) is 111 cm³/mol. The van der Waals surface area contributed by atoms with Gasteiger partial charge < -0.3 is 15.0 Å². The molecule has 2 rings (SSSR count). The van der Waals surface area contributed by atoms with Crippen LogP contribution in [0.5, 0.6) is 5.75 Å². The van der Waals surface area contributed by atoms with Crippen molar-refractivity contribution in [3.63, 3.8) is 0 Å². The Morgan fingerprint density at radius 3 is 2.54 bits per heavy atom. The molecule has 0 radical (unpaired) electrons. The number of likely N-dealkylation sites (N-methyl/N-ethyl adjacent to an activating group) is 1. The smallest absolute Gasteiger partial charge is 0.261 e. The van der Waals surface area contributed by atoms with Crippen molar-refractivity contribution in [1.29, 1.82) is 0 Å². The summed E-state index contributed by atoms with van der Waals surface area (Å²) in [6.07, 6.45) is 0.514. The molecule has 0 saturated heterocycles. The lowest BCUT2D eigenvalue weighted by Crippen LogP contribution is -2.50. The van der Waals surface area contributed by atoms with Crippen molar-refractivity contribution in [2.75, 3.05) is 13.2 Å². The topological polar surface area (TPSA) is 58.6 Å². The van der Waals surface area contributed by atoms with Crippen LogP contribution in [0.4, 0.5) is 0 Å². The number of benzene rings is 2. The van der Waals surface area contributed by atoms with E-state index in [1.165, 1.54) is 0 Å². The van der Waals surface area contributed by atoms with Gasteiger partial charge >= 0.3 is 0 Å². The van der Waals surface area contributed by atoms with E-state index < -0.39 is 6.04 Å². The Labute approximate surface area is 171 Å². The number of ether oxygens (including phenoxy) is 1. The van der Waals surface area contributed by atoms with Crippen LogP contribution in [0.1, 0.15) is 31.4 Å². The Kier molecular flexibility index (Phi) is 8.33. The number of hydrogen-bond acceptors (Lipinski definition) is 3. The minimum atomic E-state index is -0.559. The van der Waals surface area contributed by atoms with E-state index in [1.807, 2.05) is 45.0 Å². The summed E-state index contributed by atoms with van der Waals surface area (Å²) in [6, 6.07) is 14.3. The molecular formula is C22H27ClN2O3. The highest BCUT2D eigenvalue weighted by atomic mass is 35.5. The average Bonchev–Trinajstić information content (AvgIpc) is 2.66. The molecule has 0 fully saturated rings. The molecule has 2 amide bonds. The lowest BCUT2D eigenvalue weighted by Gasteiger charge is -2.30. The predicted octanol–water partition coefficient (Wildman–Crippen LogP) is 3.97. The SMILES string of the molecule is CCNC(=O)C(CC)N(Cc1cccc(C)c1)C(=O)COc1cccc(Cl)c1. The molecule has 0 heterocycles. The first-order chi connectivity index (χ1) is 13.4. The molecule has 2 aromatic carbocycles. The van der Waals surface area contributed by atoms with Crippen LogP contribution in [-0.4, -0.2) is 35.9 Å². The van der Waals surface area contributed by atoms with Gasteiger partial charge in [0, 0.05) is 18.1 Å². The monoisotopic (exact) mass is 402 g/mol. The average molecular weight is 403 g/mol. The maximum atomic E-state index is 13.0. The third-order valence-corrected chi connectivity index (χ3v) is 4.57. The van der Waals surface area contributed by atoms with Gasteiger partial charge in [-0.3, -0.25) is 9.59 Å². The highest BCUT2D eigenvalue weighted by molar-refractivity contribution is 6.30. The molecule has 0 bridgehead atoms. The summed E-state index contributed by atoms with van der Waals surface area (Å²) in [5, 5.41) is 3.36. The Balaban J connectivity index is 2.19. The van der Waals surface area contributed by atoms with Crippen LogP contribution in [0.2, 0.25) is 5.02 Å². The molecule has 0 spiro atoms.